The Kier molecular flexibility index (Phi) is 6.17. The molecule has 2 atom stereocenters. The summed E-state index contributed by atoms with van der Waals surface area (Å²) in [6, 6.07) is 18.3. The van der Waals surface area contributed by atoms with Crippen molar-refractivity contribution < 1.29 is 19.8 Å². The number of fused-ring (bicyclic) bond motifs is 2. The van der Waals surface area contributed by atoms with Crippen molar-refractivity contribution in [2.24, 2.45) is 0 Å². The Balaban J connectivity index is 1.31. The minimum Gasteiger partial charge on any atom is -0.507 e. The number of hydrogen-bond acceptors (Lipinski definition) is 9. The number of anilines is 1. The number of amides is 1. The molecule has 1 amide bonds. The number of nitrogens with zero attached hydrogens (tertiary/aromatic N) is 6. The topological polar surface area (TPSA) is 174 Å². The molecule has 5 N–H and O–H groups in total. The van der Waals surface area contributed by atoms with Gasteiger partial charge in [0.15, 0.2) is 23.6 Å². The van der Waals surface area contributed by atoms with Crippen LogP contribution in [0.1, 0.15) is 50.4 Å². The fourth-order valence-electron chi connectivity index (χ4n) is 5.46. The van der Waals surface area contributed by atoms with E-state index in [9.17, 15) is 19.8 Å². The van der Waals surface area contributed by atoms with Crippen LogP contribution >= 0.6 is 0 Å². The second-order valence-electron chi connectivity index (χ2n) is 10.2. The van der Waals surface area contributed by atoms with E-state index in [0.29, 0.717) is 51.7 Å². The quantitative estimate of drug-likeness (QED) is 0.217. The monoisotopic (exact) mass is 572 g/mol. The van der Waals surface area contributed by atoms with Crippen LogP contribution in [0, 0.1) is 0 Å². The van der Waals surface area contributed by atoms with Crippen LogP contribution in [0.4, 0.5) is 5.82 Å². The number of nitrogens with two attached hydrogens (primary N) is 1. The Bertz CT molecular complexity index is 2040. The summed E-state index contributed by atoms with van der Waals surface area (Å²) in [7, 11) is 0. The van der Waals surface area contributed by atoms with Crippen LogP contribution in [-0.2, 0) is 0 Å². The molecule has 6 aromatic rings. The first-order chi connectivity index (χ1) is 20.9. The predicted molar refractivity (Wildman–Crippen MR) is 157 cm³/mol. The van der Waals surface area contributed by atoms with Gasteiger partial charge >= 0.3 is 0 Å². The van der Waals surface area contributed by atoms with Crippen LogP contribution in [0.25, 0.3) is 34.1 Å². The number of carbonyl (C=O) groups excluding carboxylic acids is 2. The number of aromatic nitrogens is 6. The van der Waals surface area contributed by atoms with E-state index in [4.69, 9.17) is 15.7 Å². The molecule has 0 radical (unpaired) electrons. The van der Waals surface area contributed by atoms with Gasteiger partial charge in [-0.25, -0.2) is 19.6 Å². The van der Waals surface area contributed by atoms with E-state index in [1.54, 1.807) is 29.3 Å². The van der Waals surface area contributed by atoms with Gasteiger partial charge < -0.3 is 21.3 Å². The van der Waals surface area contributed by atoms with E-state index in [1.807, 2.05) is 47.0 Å². The van der Waals surface area contributed by atoms with Crippen molar-refractivity contribution in [1.82, 2.24) is 34.6 Å². The summed E-state index contributed by atoms with van der Waals surface area (Å²) in [5, 5.41) is 28.1. The number of aliphatic hydroxyl groups is 1. The van der Waals surface area contributed by atoms with Gasteiger partial charge in [-0.2, -0.15) is 5.10 Å². The first kappa shape index (κ1) is 26.0. The number of nitrogens with one attached hydrogen (secondary N) is 1. The summed E-state index contributed by atoms with van der Waals surface area (Å²) in [6.45, 7) is 0. The highest BCUT2D eigenvalue weighted by Gasteiger charge is 2.32. The molecule has 1 aliphatic rings. The highest BCUT2D eigenvalue weighted by Crippen LogP contribution is 2.41. The van der Waals surface area contributed by atoms with Gasteiger partial charge in [0.25, 0.3) is 5.91 Å². The maximum Gasteiger partial charge on any atom is 0.251 e. The van der Waals surface area contributed by atoms with Crippen LogP contribution in [-0.4, -0.2) is 51.7 Å². The van der Waals surface area contributed by atoms with Gasteiger partial charge in [0.2, 0.25) is 0 Å². The van der Waals surface area contributed by atoms with E-state index >= 15 is 0 Å². The standard InChI is InChI=1S/C31H24N8O4/c32-28-21(3-1-10-33-28)29-35-23-7-9-27(38-12-2-11-34-38)37-30(23)39(29)19-5-6-20-22(14-19)26(42)15-24(20)36-31(43)17-4-8-25(41)18(13-17)16-40/h1-14,16,24,26,41-42H,15H2,(H2,32,33)(H,36,43)/t24-,26+/m0/s1. The van der Waals surface area contributed by atoms with Gasteiger partial charge in [-0.3, -0.25) is 14.2 Å². The molecule has 43 heavy (non-hydrogen) atoms. The van der Waals surface area contributed by atoms with Crippen LogP contribution in [0.15, 0.2) is 85.3 Å². The molecular weight excluding hydrogens is 548 g/mol. The van der Waals surface area contributed by atoms with Gasteiger partial charge in [-0.05, 0) is 71.8 Å². The van der Waals surface area contributed by atoms with E-state index in [-0.39, 0.29) is 23.3 Å². The summed E-state index contributed by atoms with van der Waals surface area (Å²) < 4.78 is 3.52. The van der Waals surface area contributed by atoms with Gasteiger partial charge in [0.1, 0.15) is 17.1 Å². The third-order valence-corrected chi connectivity index (χ3v) is 7.55. The molecule has 1 aliphatic carbocycles. The molecule has 0 saturated carbocycles. The number of hydrogen-bond donors (Lipinski definition) is 4. The lowest BCUT2D eigenvalue weighted by Gasteiger charge is -2.16. The number of nitrogen functional groups attached to an aromatic ring is 1. The summed E-state index contributed by atoms with van der Waals surface area (Å²) in [5.74, 6) is 0.804. The molecule has 12 nitrogen and oxygen atoms in total. The predicted octanol–water partition coefficient (Wildman–Crippen LogP) is 3.68. The van der Waals surface area contributed by atoms with Crippen molar-refractivity contribution in [3.63, 3.8) is 0 Å². The number of phenolic OH excluding ortho intramolecular Hbond substituents is 1. The molecule has 12 heteroatoms. The average molecular weight is 573 g/mol. The van der Waals surface area contributed by atoms with E-state index in [1.165, 1.54) is 18.2 Å². The SMILES string of the molecule is Nc1ncccc1-c1nc2ccc(-n3cccn3)nc2n1-c1ccc2c(c1)[C@H](O)C[C@@H]2NC(=O)c1ccc(O)c(C=O)c1. The molecule has 0 fully saturated rings. The molecule has 0 spiro atoms. The second kappa shape index (κ2) is 10.2. The third kappa shape index (κ3) is 4.46. The van der Waals surface area contributed by atoms with Crippen molar-refractivity contribution in [2.75, 3.05) is 5.73 Å². The van der Waals surface area contributed by atoms with Gasteiger partial charge in [0, 0.05) is 36.3 Å². The van der Waals surface area contributed by atoms with Crippen molar-refractivity contribution in [2.45, 2.75) is 18.6 Å². The zero-order valence-electron chi connectivity index (χ0n) is 22.5. The largest absolute Gasteiger partial charge is 0.507 e. The lowest BCUT2D eigenvalue weighted by atomic mass is 10.1. The molecule has 4 aromatic heterocycles. The van der Waals surface area contributed by atoms with Gasteiger partial charge in [0.05, 0.1) is 23.3 Å². The maximum atomic E-state index is 13.0. The molecule has 0 bridgehead atoms. The van der Waals surface area contributed by atoms with Crippen molar-refractivity contribution in [1.29, 1.82) is 0 Å². The van der Waals surface area contributed by atoms with E-state index in [2.05, 4.69) is 15.4 Å². The van der Waals surface area contributed by atoms with Gasteiger partial charge in [-0.15, -0.1) is 0 Å². The van der Waals surface area contributed by atoms with E-state index < -0.39 is 18.1 Å². The number of imidazole rings is 1. The Morgan fingerprint density at radius 2 is 1.91 bits per heavy atom. The number of pyridine rings is 2. The van der Waals surface area contributed by atoms with Gasteiger partial charge in [-0.1, -0.05) is 6.07 Å². The molecule has 7 rings (SSSR count). The number of carbonyl (C=O) groups is 2. The highest BCUT2D eigenvalue weighted by molar-refractivity contribution is 5.96. The smallest absolute Gasteiger partial charge is 0.251 e. The number of aldehydes is 1. The van der Waals surface area contributed by atoms with Crippen molar-refractivity contribution in [3.8, 4) is 28.6 Å². The Labute approximate surface area is 244 Å². The number of aliphatic hydroxyl groups excluding tert-OH is 1. The van der Waals surface area contributed by atoms with Crippen LogP contribution in [0.3, 0.4) is 0 Å². The number of benzene rings is 2. The number of rotatable bonds is 6. The average Bonchev–Trinajstić information content (AvgIpc) is 3.75. The second-order valence-corrected chi connectivity index (χ2v) is 10.2. The molecule has 4 heterocycles. The minimum atomic E-state index is -0.847. The van der Waals surface area contributed by atoms with Crippen molar-refractivity contribution >= 4 is 29.2 Å². The summed E-state index contributed by atoms with van der Waals surface area (Å²) >= 11 is 0. The van der Waals surface area contributed by atoms with E-state index in [0.717, 1.165) is 5.56 Å². The molecule has 0 unspecified atom stereocenters. The zero-order chi connectivity index (χ0) is 29.7. The normalized spacial score (nSPS) is 15.8. The van der Waals surface area contributed by atoms with Crippen LogP contribution < -0.4 is 11.1 Å². The molecule has 0 saturated heterocycles. The molecule has 2 aromatic carbocycles. The fraction of sp³-hybridized carbons (Fsp3) is 0.0968. The molecule has 212 valence electrons. The Morgan fingerprint density at radius 1 is 1.02 bits per heavy atom. The van der Waals surface area contributed by atoms with Crippen LogP contribution in [0.5, 0.6) is 5.75 Å². The zero-order valence-corrected chi connectivity index (χ0v) is 22.5. The summed E-state index contributed by atoms with van der Waals surface area (Å²) in [6.07, 6.45) is 4.98. The number of phenols is 1. The Morgan fingerprint density at radius 3 is 2.70 bits per heavy atom. The fourth-order valence-corrected chi connectivity index (χ4v) is 5.46. The lowest BCUT2D eigenvalue weighted by molar-refractivity contribution is 0.0924. The Hall–Kier alpha value is -5.88. The first-order valence-electron chi connectivity index (χ1n) is 13.4. The molecular formula is C31H24N8O4. The van der Waals surface area contributed by atoms with Crippen LogP contribution in [0.2, 0.25) is 0 Å². The lowest BCUT2D eigenvalue weighted by Crippen LogP contribution is -2.27. The first-order valence-corrected chi connectivity index (χ1v) is 13.4. The summed E-state index contributed by atoms with van der Waals surface area (Å²) in [5.41, 5.74) is 10.4. The highest BCUT2D eigenvalue weighted by atomic mass is 16.3. The number of aromatic hydroxyl groups is 1. The minimum absolute atomic E-state index is 0.0195. The summed E-state index contributed by atoms with van der Waals surface area (Å²) in [4.78, 5) is 38.2. The molecule has 0 aliphatic heterocycles. The third-order valence-electron chi connectivity index (χ3n) is 7.55. The maximum absolute atomic E-state index is 13.0. The van der Waals surface area contributed by atoms with Crippen molar-refractivity contribution in [3.05, 3.63) is 108 Å².